The summed E-state index contributed by atoms with van der Waals surface area (Å²) in [7, 11) is 1.68. The Labute approximate surface area is 190 Å². The second-order valence-electron chi connectivity index (χ2n) is 9.91. The molecule has 32 heavy (non-hydrogen) atoms. The zero-order valence-corrected chi connectivity index (χ0v) is 19.3. The van der Waals surface area contributed by atoms with Gasteiger partial charge in [-0.2, -0.15) is 0 Å². The van der Waals surface area contributed by atoms with Gasteiger partial charge >= 0.3 is 6.03 Å². The summed E-state index contributed by atoms with van der Waals surface area (Å²) in [5.41, 5.74) is 3.21. The van der Waals surface area contributed by atoms with Gasteiger partial charge in [0.15, 0.2) is 0 Å². The van der Waals surface area contributed by atoms with E-state index in [4.69, 9.17) is 4.74 Å². The van der Waals surface area contributed by atoms with Crippen molar-refractivity contribution in [3.05, 3.63) is 29.5 Å². The first kappa shape index (κ1) is 21.6. The Hall–Kier alpha value is -2.25. The van der Waals surface area contributed by atoms with Gasteiger partial charge in [-0.3, -0.25) is 0 Å². The molecule has 5 rings (SSSR count). The lowest BCUT2D eigenvalue weighted by molar-refractivity contribution is 0.0670. The van der Waals surface area contributed by atoms with Crippen LogP contribution >= 0.6 is 0 Å². The number of rotatable bonds is 6. The van der Waals surface area contributed by atoms with E-state index in [9.17, 15) is 9.90 Å². The van der Waals surface area contributed by atoms with Gasteiger partial charge in [0.05, 0.1) is 19.8 Å². The highest BCUT2D eigenvalue weighted by molar-refractivity contribution is 5.88. The van der Waals surface area contributed by atoms with Crippen LogP contribution in [-0.4, -0.2) is 72.4 Å². The quantitative estimate of drug-likeness (QED) is 0.643. The van der Waals surface area contributed by atoms with Crippen molar-refractivity contribution in [2.75, 3.05) is 46.4 Å². The van der Waals surface area contributed by atoms with Crippen molar-refractivity contribution in [3.8, 4) is 5.75 Å². The van der Waals surface area contributed by atoms with Gasteiger partial charge in [0.25, 0.3) is 0 Å². The van der Waals surface area contributed by atoms with Crippen LogP contribution in [0.1, 0.15) is 56.3 Å². The fraction of sp³-hybridized carbons (Fsp3) is 0.640. The molecule has 7 nitrogen and oxygen atoms in total. The SMILES string of the molecule is CCCNC(=O)N1CC2(CCN(CC3CC3)CC2)c2c([nH]c3cc(OC)ccc23)[C@H]1CO. The molecule has 1 aromatic carbocycles. The highest BCUT2D eigenvalue weighted by Crippen LogP contribution is 2.49. The number of hydrogen-bond donors (Lipinski definition) is 3. The molecule has 1 aliphatic carbocycles. The number of aromatic nitrogens is 1. The van der Waals surface area contributed by atoms with Crippen LogP contribution in [0.2, 0.25) is 0 Å². The van der Waals surface area contributed by atoms with Gasteiger partial charge in [-0.1, -0.05) is 6.92 Å². The van der Waals surface area contributed by atoms with Crippen LogP contribution in [-0.2, 0) is 5.41 Å². The first-order valence-electron chi connectivity index (χ1n) is 12.2. The van der Waals surface area contributed by atoms with Gasteiger partial charge in [0, 0.05) is 47.7 Å². The molecule has 3 N–H and O–H groups in total. The maximum Gasteiger partial charge on any atom is 0.318 e. The van der Waals surface area contributed by atoms with Gasteiger partial charge in [-0.15, -0.1) is 0 Å². The Morgan fingerprint density at radius 1 is 1.31 bits per heavy atom. The van der Waals surface area contributed by atoms with E-state index in [0.29, 0.717) is 13.1 Å². The van der Waals surface area contributed by atoms with Gasteiger partial charge in [0.1, 0.15) is 5.75 Å². The molecule has 2 aromatic rings. The van der Waals surface area contributed by atoms with Crippen LogP contribution in [0.5, 0.6) is 5.75 Å². The largest absolute Gasteiger partial charge is 0.497 e. The molecular formula is C25H36N4O3. The second kappa shape index (κ2) is 8.60. The highest BCUT2D eigenvalue weighted by atomic mass is 16.5. The van der Waals surface area contributed by atoms with Gasteiger partial charge in [0.2, 0.25) is 0 Å². The summed E-state index contributed by atoms with van der Waals surface area (Å²) < 4.78 is 5.45. The van der Waals surface area contributed by atoms with Crippen LogP contribution in [0.15, 0.2) is 18.2 Å². The number of urea groups is 1. The van der Waals surface area contributed by atoms with E-state index in [1.54, 1.807) is 7.11 Å². The predicted molar refractivity (Wildman–Crippen MR) is 125 cm³/mol. The summed E-state index contributed by atoms with van der Waals surface area (Å²) in [5.74, 6) is 1.70. The Morgan fingerprint density at radius 3 is 2.75 bits per heavy atom. The fourth-order valence-electron chi connectivity index (χ4n) is 5.79. The van der Waals surface area contributed by atoms with E-state index in [-0.39, 0.29) is 24.1 Å². The third-order valence-electron chi connectivity index (χ3n) is 7.73. The van der Waals surface area contributed by atoms with Crippen molar-refractivity contribution < 1.29 is 14.6 Å². The molecule has 0 bridgehead atoms. The zero-order valence-electron chi connectivity index (χ0n) is 19.3. The number of benzene rings is 1. The number of ether oxygens (including phenoxy) is 1. The van der Waals surface area contributed by atoms with Crippen molar-refractivity contribution in [3.63, 3.8) is 0 Å². The summed E-state index contributed by atoms with van der Waals surface area (Å²) in [6.07, 6.45) is 5.70. The van der Waals surface area contributed by atoms with Crippen molar-refractivity contribution >= 4 is 16.9 Å². The second-order valence-corrected chi connectivity index (χ2v) is 9.91. The third-order valence-corrected chi connectivity index (χ3v) is 7.73. The third kappa shape index (κ3) is 3.75. The number of piperidine rings is 1. The van der Waals surface area contributed by atoms with E-state index in [1.165, 1.54) is 30.3 Å². The number of H-pyrrole nitrogens is 1. The molecule has 174 valence electrons. The first-order valence-corrected chi connectivity index (χ1v) is 12.2. The van der Waals surface area contributed by atoms with E-state index in [2.05, 4.69) is 28.2 Å². The van der Waals surface area contributed by atoms with Crippen molar-refractivity contribution in [2.45, 2.75) is 50.5 Å². The summed E-state index contributed by atoms with van der Waals surface area (Å²) in [5, 5.41) is 14.6. The van der Waals surface area contributed by atoms with E-state index in [1.807, 2.05) is 17.0 Å². The number of aliphatic hydroxyl groups excluding tert-OH is 1. The number of methoxy groups -OCH3 is 1. The average Bonchev–Trinajstić information content (AvgIpc) is 3.55. The molecule has 2 aliphatic heterocycles. The predicted octanol–water partition coefficient (Wildman–Crippen LogP) is 3.39. The number of fused-ring (bicyclic) bond motifs is 4. The molecule has 1 atom stereocenters. The lowest BCUT2D eigenvalue weighted by Gasteiger charge is -2.50. The van der Waals surface area contributed by atoms with Crippen LogP contribution in [0, 0.1) is 5.92 Å². The fourth-order valence-corrected chi connectivity index (χ4v) is 5.79. The number of aromatic amines is 1. The van der Waals surface area contributed by atoms with Gasteiger partial charge < -0.3 is 29.9 Å². The molecule has 2 fully saturated rings. The zero-order chi connectivity index (χ0) is 22.3. The van der Waals surface area contributed by atoms with Crippen LogP contribution in [0.3, 0.4) is 0 Å². The maximum absolute atomic E-state index is 13.2. The Morgan fingerprint density at radius 2 is 2.09 bits per heavy atom. The van der Waals surface area contributed by atoms with Crippen molar-refractivity contribution in [1.82, 2.24) is 20.1 Å². The molecular weight excluding hydrogens is 404 g/mol. The number of likely N-dealkylation sites (tertiary alicyclic amines) is 1. The minimum atomic E-state index is -0.365. The molecule has 1 saturated heterocycles. The molecule has 3 heterocycles. The van der Waals surface area contributed by atoms with Crippen molar-refractivity contribution in [1.29, 1.82) is 0 Å². The molecule has 2 amide bonds. The molecule has 1 aromatic heterocycles. The normalized spacial score (nSPS) is 22.8. The monoisotopic (exact) mass is 440 g/mol. The summed E-state index contributed by atoms with van der Waals surface area (Å²) in [4.78, 5) is 21.2. The Bertz CT molecular complexity index is 975. The number of hydrogen-bond acceptors (Lipinski definition) is 4. The lowest BCUT2D eigenvalue weighted by Crippen LogP contribution is -2.57. The van der Waals surface area contributed by atoms with Gasteiger partial charge in [-0.25, -0.2) is 4.79 Å². The maximum atomic E-state index is 13.2. The molecule has 1 saturated carbocycles. The van der Waals surface area contributed by atoms with Gasteiger partial charge in [-0.05, 0) is 68.8 Å². The molecule has 0 unspecified atom stereocenters. The van der Waals surface area contributed by atoms with Crippen molar-refractivity contribution in [2.24, 2.45) is 5.92 Å². The average molecular weight is 441 g/mol. The Kier molecular flexibility index (Phi) is 5.80. The standard InChI is InChI=1S/C25H36N4O3/c1-3-10-26-24(31)29-16-25(8-11-28(12-9-25)14-17-4-5-17)22-19-7-6-18(32-2)13-20(19)27-23(22)21(29)15-30/h6-7,13,17,21,27,30H,3-5,8-12,14-16H2,1-2H3,(H,26,31)/t21-/m1/s1. The minimum absolute atomic E-state index is 0.0763. The minimum Gasteiger partial charge on any atom is -0.497 e. The first-order chi connectivity index (χ1) is 15.6. The lowest BCUT2D eigenvalue weighted by atomic mass is 9.68. The highest BCUT2D eigenvalue weighted by Gasteiger charge is 2.48. The van der Waals surface area contributed by atoms with E-state index in [0.717, 1.165) is 55.2 Å². The van der Waals surface area contributed by atoms with E-state index < -0.39 is 0 Å². The molecule has 0 radical (unpaired) electrons. The number of aliphatic hydroxyl groups is 1. The summed E-state index contributed by atoms with van der Waals surface area (Å²) >= 11 is 0. The van der Waals surface area contributed by atoms with Crippen LogP contribution in [0.25, 0.3) is 10.9 Å². The molecule has 3 aliphatic rings. The molecule has 1 spiro atoms. The number of carbonyl (C=O) groups is 1. The van der Waals surface area contributed by atoms with Crippen LogP contribution < -0.4 is 10.1 Å². The smallest absolute Gasteiger partial charge is 0.318 e. The van der Waals surface area contributed by atoms with Crippen LogP contribution in [0.4, 0.5) is 4.79 Å². The number of carbonyl (C=O) groups excluding carboxylic acids is 1. The Balaban J connectivity index is 1.55. The molecule has 7 heteroatoms. The number of nitrogens with zero attached hydrogens (tertiary/aromatic N) is 2. The topological polar surface area (TPSA) is 80.8 Å². The summed E-state index contributed by atoms with van der Waals surface area (Å²) in [6, 6.07) is 5.74. The summed E-state index contributed by atoms with van der Waals surface area (Å²) in [6.45, 7) is 6.60. The number of nitrogens with one attached hydrogen (secondary N) is 2. The number of amides is 2. The van der Waals surface area contributed by atoms with E-state index >= 15 is 0 Å².